The lowest BCUT2D eigenvalue weighted by molar-refractivity contribution is 0.155. The van der Waals surface area contributed by atoms with Crippen LogP contribution in [0.3, 0.4) is 0 Å². The maximum Gasteiger partial charge on any atom is 0.132 e. The Hall–Kier alpha value is -1.36. The Kier molecular flexibility index (Phi) is 5.39. The smallest absolute Gasteiger partial charge is 0.132 e. The van der Waals surface area contributed by atoms with Crippen molar-refractivity contribution < 1.29 is 5.11 Å². The summed E-state index contributed by atoms with van der Waals surface area (Å²) in [5.74, 6) is 3.25. The van der Waals surface area contributed by atoms with Crippen LogP contribution in [0.4, 0.5) is 11.6 Å². The Morgan fingerprint density at radius 2 is 1.90 bits per heavy atom. The highest BCUT2D eigenvalue weighted by Gasteiger charge is 2.34. The van der Waals surface area contributed by atoms with Crippen LogP contribution in [0.2, 0.25) is 0 Å². The monoisotopic (exact) mass is 292 g/mol. The first kappa shape index (κ1) is 16.0. The van der Waals surface area contributed by atoms with Gasteiger partial charge in [-0.05, 0) is 38.5 Å². The van der Waals surface area contributed by atoms with E-state index in [0.717, 1.165) is 62.0 Å². The molecule has 1 aromatic rings. The van der Waals surface area contributed by atoms with E-state index < -0.39 is 0 Å². The van der Waals surface area contributed by atoms with Gasteiger partial charge in [-0.15, -0.1) is 0 Å². The number of aromatic nitrogens is 2. The fourth-order valence-corrected chi connectivity index (χ4v) is 2.90. The molecule has 0 saturated heterocycles. The maximum absolute atomic E-state index is 9.87. The zero-order valence-electron chi connectivity index (χ0n) is 13.4. The molecule has 0 aromatic carbocycles. The van der Waals surface area contributed by atoms with Gasteiger partial charge < -0.3 is 15.7 Å². The number of hydrogen-bond acceptors (Lipinski definition) is 5. The second-order valence-corrected chi connectivity index (χ2v) is 6.18. The van der Waals surface area contributed by atoms with Gasteiger partial charge in [0.1, 0.15) is 17.5 Å². The Bertz CT molecular complexity index is 456. The molecule has 1 fully saturated rings. The summed E-state index contributed by atoms with van der Waals surface area (Å²) >= 11 is 0. The van der Waals surface area contributed by atoms with Crippen LogP contribution in [0, 0.1) is 5.92 Å². The number of nitrogens with one attached hydrogen (secondary N) is 2. The van der Waals surface area contributed by atoms with E-state index in [1.807, 2.05) is 6.07 Å². The molecule has 1 saturated carbocycles. The fourth-order valence-electron chi connectivity index (χ4n) is 2.90. The van der Waals surface area contributed by atoms with Crippen molar-refractivity contribution >= 4 is 11.6 Å². The van der Waals surface area contributed by atoms with E-state index in [-0.39, 0.29) is 12.1 Å². The van der Waals surface area contributed by atoms with Crippen molar-refractivity contribution in [2.75, 3.05) is 23.8 Å². The second-order valence-electron chi connectivity index (χ2n) is 6.18. The van der Waals surface area contributed by atoms with Crippen LogP contribution in [0.25, 0.3) is 0 Å². The van der Waals surface area contributed by atoms with E-state index in [1.165, 1.54) is 0 Å². The highest BCUT2D eigenvalue weighted by molar-refractivity contribution is 5.49. The molecule has 1 aliphatic carbocycles. The number of aliphatic hydroxyl groups excluding tert-OH is 1. The largest absolute Gasteiger partial charge is 0.394 e. The van der Waals surface area contributed by atoms with Crippen LogP contribution < -0.4 is 10.6 Å². The van der Waals surface area contributed by atoms with Crippen LogP contribution in [0.5, 0.6) is 0 Å². The molecule has 1 aromatic heterocycles. The predicted molar refractivity (Wildman–Crippen MR) is 86.6 cm³/mol. The number of hydrogen-bond donors (Lipinski definition) is 3. The lowest BCUT2D eigenvalue weighted by Gasteiger charge is -2.39. The average Bonchev–Trinajstić information content (AvgIpc) is 2.50. The third-order valence-electron chi connectivity index (χ3n) is 4.37. The number of aliphatic hydroxyl groups is 1. The van der Waals surface area contributed by atoms with Crippen molar-refractivity contribution in [3.8, 4) is 0 Å². The van der Waals surface area contributed by atoms with Crippen LogP contribution in [0.15, 0.2) is 6.07 Å². The van der Waals surface area contributed by atoms with Crippen molar-refractivity contribution in [1.29, 1.82) is 0 Å². The summed E-state index contributed by atoms with van der Waals surface area (Å²) in [7, 11) is 0. The molecule has 0 spiro atoms. The van der Waals surface area contributed by atoms with Gasteiger partial charge in [-0.25, -0.2) is 9.97 Å². The number of nitrogens with zero attached hydrogens (tertiary/aromatic N) is 2. The molecule has 1 aliphatic rings. The first-order valence-corrected chi connectivity index (χ1v) is 8.11. The first-order valence-electron chi connectivity index (χ1n) is 8.11. The number of anilines is 2. The van der Waals surface area contributed by atoms with Gasteiger partial charge in [0.25, 0.3) is 0 Å². The van der Waals surface area contributed by atoms with Gasteiger partial charge in [-0.1, -0.05) is 13.8 Å². The quantitative estimate of drug-likeness (QED) is 0.752. The minimum absolute atomic E-state index is 0.154. The van der Waals surface area contributed by atoms with Crippen molar-refractivity contribution in [2.24, 2.45) is 5.92 Å². The molecule has 0 bridgehead atoms. The van der Waals surface area contributed by atoms with Gasteiger partial charge in [0.15, 0.2) is 0 Å². The first-order chi connectivity index (χ1) is 10.1. The lowest BCUT2D eigenvalue weighted by atomic mass is 9.77. The molecular weight excluding hydrogens is 264 g/mol. The topological polar surface area (TPSA) is 70.1 Å². The summed E-state index contributed by atoms with van der Waals surface area (Å²) in [5, 5.41) is 16.6. The third kappa shape index (κ3) is 4.06. The number of rotatable bonds is 6. The highest BCUT2D eigenvalue weighted by atomic mass is 16.3. The normalized spacial score (nSPS) is 25.6. The SMILES string of the molecule is CCNc1cc(NC2(CO)CCC(C)CC2)nc(CC)n1. The van der Waals surface area contributed by atoms with Crippen LogP contribution in [-0.4, -0.2) is 33.8 Å². The van der Waals surface area contributed by atoms with E-state index in [1.54, 1.807) is 0 Å². The molecule has 2 rings (SSSR count). The van der Waals surface area contributed by atoms with E-state index in [4.69, 9.17) is 0 Å². The zero-order valence-corrected chi connectivity index (χ0v) is 13.4. The average molecular weight is 292 g/mol. The van der Waals surface area contributed by atoms with Gasteiger partial charge in [0.2, 0.25) is 0 Å². The second kappa shape index (κ2) is 7.07. The van der Waals surface area contributed by atoms with Gasteiger partial charge in [-0.2, -0.15) is 0 Å². The molecule has 5 heteroatoms. The fraction of sp³-hybridized carbons (Fsp3) is 0.750. The van der Waals surface area contributed by atoms with Gasteiger partial charge >= 0.3 is 0 Å². The van der Waals surface area contributed by atoms with E-state index in [2.05, 4.69) is 41.4 Å². The molecular formula is C16H28N4O. The lowest BCUT2D eigenvalue weighted by Crippen LogP contribution is -2.45. The molecule has 0 radical (unpaired) electrons. The van der Waals surface area contributed by atoms with Crippen molar-refractivity contribution in [3.63, 3.8) is 0 Å². The molecule has 3 N–H and O–H groups in total. The van der Waals surface area contributed by atoms with Crippen molar-refractivity contribution in [1.82, 2.24) is 9.97 Å². The Balaban J connectivity index is 2.18. The Labute approximate surface area is 127 Å². The van der Waals surface area contributed by atoms with Crippen LogP contribution in [-0.2, 0) is 6.42 Å². The van der Waals surface area contributed by atoms with Gasteiger partial charge in [-0.3, -0.25) is 0 Å². The number of aryl methyl sites for hydroxylation is 1. The Morgan fingerprint density at radius 1 is 1.24 bits per heavy atom. The minimum atomic E-state index is -0.227. The van der Waals surface area contributed by atoms with Gasteiger partial charge in [0, 0.05) is 19.0 Å². The molecule has 5 nitrogen and oxygen atoms in total. The summed E-state index contributed by atoms with van der Waals surface area (Å²) in [6.45, 7) is 7.38. The van der Waals surface area contributed by atoms with E-state index in [9.17, 15) is 5.11 Å². The molecule has 0 amide bonds. The third-order valence-corrected chi connectivity index (χ3v) is 4.37. The molecule has 0 unspecified atom stereocenters. The predicted octanol–water partition coefficient (Wildman–Crippen LogP) is 2.82. The van der Waals surface area contributed by atoms with Crippen molar-refractivity contribution in [2.45, 2.75) is 58.4 Å². The van der Waals surface area contributed by atoms with Crippen LogP contribution >= 0.6 is 0 Å². The highest BCUT2D eigenvalue weighted by Crippen LogP contribution is 2.34. The van der Waals surface area contributed by atoms with Gasteiger partial charge in [0.05, 0.1) is 12.1 Å². The zero-order chi connectivity index (χ0) is 15.3. The maximum atomic E-state index is 9.87. The molecule has 118 valence electrons. The van der Waals surface area contributed by atoms with Crippen molar-refractivity contribution in [3.05, 3.63) is 11.9 Å². The summed E-state index contributed by atoms with van der Waals surface area (Å²) in [5.41, 5.74) is -0.227. The molecule has 21 heavy (non-hydrogen) atoms. The van der Waals surface area contributed by atoms with E-state index >= 15 is 0 Å². The summed E-state index contributed by atoms with van der Waals surface area (Å²) < 4.78 is 0. The minimum Gasteiger partial charge on any atom is -0.394 e. The van der Waals surface area contributed by atoms with Crippen LogP contribution in [0.1, 0.15) is 52.3 Å². The summed E-state index contributed by atoms with van der Waals surface area (Å²) in [6.07, 6.45) is 5.09. The molecule has 0 atom stereocenters. The summed E-state index contributed by atoms with van der Waals surface area (Å²) in [4.78, 5) is 9.04. The molecule has 1 heterocycles. The standard InChI is InChI=1S/C16H28N4O/c1-4-13-18-14(17-5-2)10-15(19-13)20-16(11-21)8-6-12(3)7-9-16/h10,12,21H,4-9,11H2,1-3H3,(H2,17,18,19,20). The summed E-state index contributed by atoms with van der Waals surface area (Å²) in [6, 6.07) is 1.94. The van der Waals surface area contributed by atoms with E-state index in [0.29, 0.717) is 0 Å². The molecule has 0 aliphatic heterocycles. The Morgan fingerprint density at radius 3 is 2.48 bits per heavy atom.